The molecule has 0 amide bonds. The molecule has 0 saturated heterocycles. The molecule has 1 N–H and O–H groups in total. The molecule has 1 aromatic rings. The van der Waals surface area contributed by atoms with E-state index in [1.807, 2.05) is 24.3 Å². The summed E-state index contributed by atoms with van der Waals surface area (Å²) in [5.41, 5.74) is 1.15. The summed E-state index contributed by atoms with van der Waals surface area (Å²) in [4.78, 5) is 4.71. The smallest absolute Gasteiger partial charge is 0.161 e. The van der Waals surface area contributed by atoms with Crippen molar-refractivity contribution in [3.05, 3.63) is 24.3 Å². The van der Waals surface area contributed by atoms with Crippen LogP contribution in [-0.4, -0.2) is 23.6 Å². The largest absolute Gasteiger partial charge is 0.497 e. The van der Waals surface area contributed by atoms with Gasteiger partial charge in [0.05, 0.1) is 12.6 Å². The molecule has 4 heteroatoms. The van der Waals surface area contributed by atoms with Gasteiger partial charge in [-0.3, -0.25) is 4.99 Å². The number of ether oxygens (including phenoxy) is 1. The van der Waals surface area contributed by atoms with Crippen LogP contribution < -0.4 is 10.1 Å². The maximum absolute atomic E-state index is 5.13. The Bertz CT molecular complexity index is 416. The normalized spacial score (nSPS) is 23.4. The Morgan fingerprint density at radius 3 is 2.65 bits per heavy atom. The van der Waals surface area contributed by atoms with E-state index in [2.05, 4.69) is 19.2 Å². The molecule has 1 unspecified atom stereocenters. The summed E-state index contributed by atoms with van der Waals surface area (Å²) in [5.74, 6) is 1.93. The third-order valence-corrected chi connectivity index (χ3v) is 4.23. The molecule has 17 heavy (non-hydrogen) atoms. The highest BCUT2D eigenvalue weighted by atomic mass is 32.2. The van der Waals surface area contributed by atoms with Gasteiger partial charge in [0.1, 0.15) is 5.75 Å². The molecule has 1 atom stereocenters. The van der Waals surface area contributed by atoms with Crippen molar-refractivity contribution in [2.45, 2.75) is 25.8 Å². The minimum Gasteiger partial charge on any atom is -0.497 e. The quantitative estimate of drug-likeness (QED) is 0.893. The van der Waals surface area contributed by atoms with Crippen molar-refractivity contribution in [3.63, 3.8) is 0 Å². The Hall–Kier alpha value is -1.16. The third-order valence-electron chi connectivity index (χ3n) is 2.99. The second-order valence-electron chi connectivity index (χ2n) is 4.41. The first-order valence-corrected chi connectivity index (χ1v) is 6.77. The fraction of sp³-hybridized carbons (Fsp3) is 0.462. The zero-order valence-electron chi connectivity index (χ0n) is 10.5. The minimum atomic E-state index is 0.0967. The molecular formula is C13H18N2OS. The van der Waals surface area contributed by atoms with Crippen LogP contribution in [-0.2, 0) is 0 Å². The molecule has 0 saturated carbocycles. The van der Waals surface area contributed by atoms with E-state index in [1.165, 1.54) is 0 Å². The molecular weight excluding hydrogens is 232 g/mol. The number of hydrogen-bond acceptors (Lipinski definition) is 4. The van der Waals surface area contributed by atoms with Gasteiger partial charge in [-0.05, 0) is 37.6 Å². The maximum atomic E-state index is 5.13. The fourth-order valence-electron chi connectivity index (χ4n) is 1.58. The molecule has 0 bridgehead atoms. The number of benzene rings is 1. The number of rotatable bonds is 3. The number of anilines is 1. The lowest BCUT2D eigenvalue weighted by Gasteiger charge is -2.15. The topological polar surface area (TPSA) is 33.6 Å². The van der Waals surface area contributed by atoms with E-state index in [1.54, 1.807) is 18.9 Å². The van der Waals surface area contributed by atoms with Crippen molar-refractivity contribution < 1.29 is 4.74 Å². The lowest BCUT2D eigenvalue weighted by atomic mass is 10.0. The van der Waals surface area contributed by atoms with Crippen LogP contribution in [0.5, 0.6) is 5.75 Å². The van der Waals surface area contributed by atoms with Crippen LogP contribution in [0.1, 0.15) is 20.3 Å². The average Bonchev–Trinajstić information content (AvgIpc) is 2.73. The molecule has 0 spiro atoms. The Morgan fingerprint density at radius 2 is 2.12 bits per heavy atom. The van der Waals surface area contributed by atoms with Gasteiger partial charge in [-0.25, -0.2) is 0 Å². The lowest BCUT2D eigenvalue weighted by molar-refractivity contribution is 0.415. The predicted octanol–water partition coefficient (Wildman–Crippen LogP) is 3.38. The van der Waals surface area contributed by atoms with Crippen molar-refractivity contribution in [3.8, 4) is 5.75 Å². The molecule has 3 nitrogen and oxygen atoms in total. The van der Waals surface area contributed by atoms with Crippen LogP contribution in [0.25, 0.3) is 0 Å². The van der Waals surface area contributed by atoms with Gasteiger partial charge in [0.15, 0.2) is 5.17 Å². The molecule has 0 fully saturated rings. The van der Waals surface area contributed by atoms with Gasteiger partial charge in [-0.1, -0.05) is 18.7 Å². The number of hydrogen-bond donors (Lipinski definition) is 1. The summed E-state index contributed by atoms with van der Waals surface area (Å²) in [6.07, 6.45) is 1.08. The summed E-state index contributed by atoms with van der Waals surface area (Å²) in [6.45, 7) is 4.38. The van der Waals surface area contributed by atoms with Crippen molar-refractivity contribution >= 4 is 22.6 Å². The summed E-state index contributed by atoms with van der Waals surface area (Å²) in [6, 6.07) is 7.90. The van der Waals surface area contributed by atoms with E-state index >= 15 is 0 Å². The Balaban J connectivity index is 2.04. The van der Waals surface area contributed by atoms with Crippen molar-refractivity contribution in [2.75, 3.05) is 18.2 Å². The van der Waals surface area contributed by atoms with Crippen LogP contribution in [0.3, 0.4) is 0 Å². The van der Waals surface area contributed by atoms with Gasteiger partial charge in [0, 0.05) is 11.4 Å². The third kappa shape index (κ3) is 2.94. The fourth-order valence-corrected chi connectivity index (χ4v) is 2.77. The SMILES string of the molecule is CCC1(C)CSC(Nc2ccc(OC)cc2)=N1. The molecule has 2 rings (SSSR count). The zero-order chi connectivity index (χ0) is 12.3. The molecule has 1 aliphatic heterocycles. The predicted molar refractivity (Wildman–Crippen MR) is 75.2 cm³/mol. The Labute approximate surface area is 107 Å². The summed E-state index contributed by atoms with van der Waals surface area (Å²) in [5, 5.41) is 4.35. The molecule has 0 aromatic heterocycles. The maximum Gasteiger partial charge on any atom is 0.161 e. The van der Waals surface area contributed by atoms with Crippen LogP contribution >= 0.6 is 11.8 Å². The Morgan fingerprint density at radius 1 is 1.41 bits per heavy atom. The highest BCUT2D eigenvalue weighted by molar-refractivity contribution is 8.14. The summed E-state index contributed by atoms with van der Waals surface area (Å²) in [7, 11) is 1.67. The molecule has 1 heterocycles. The van der Waals surface area contributed by atoms with Crippen LogP contribution in [0.2, 0.25) is 0 Å². The number of nitrogens with zero attached hydrogens (tertiary/aromatic N) is 1. The van der Waals surface area contributed by atoms with Crippen LogP contribution in [0.15, 0.2) is 29.3 Å². The Kier molecular flexibility index (Phi) is 3.62. The number of amidine groups is 1. The first-order chi connectivity index (χ1) is 8.15. The van der Waals surface area contributed by atoms with Gasteiger partial charge in [0.2, 0.25) is 0 Å². The van der Waals surface area contributed by atoms with Crippen LogP contribution in [0, 0.1) is 0 Å². The first-order valence-electron chi connectivity index (χ1n) is 5.79. The number of nitrogens with one attached hydrogen (secondary N) is 1. The highest BCUT2D eigenvalue weighted by Crippen LogP contribution is 2.30. The van der Waals surface area contributed by atoms with E-state index in [0.29, 0.717) is 0 Å². The number of thioether (sulfide) groups is 1. The second-order valence-corrected chi connectivity index (χ2v) is 5.37. The second kappa shape index (κ2) is 5.00. The lowest BCUT2D eigenvalue weighted by Crippen LogP contribution is -2.20. The van der Waals surface area contributed by atoms with Crippen LogP contribution in [0.4, 0.5) is 5.69 Å². The van der Waals surface area contributed by atoms with Gasteiger partial charge in [0.25, 0.3) is 0 Å². The van der Waals surface area contributed by atoms with E-state index in [0.717, 1.165) is 28.8 Å². The minimum absolute atomic E-state index is 0.0967. The van der Waals surface area contributed by atoms with Gasteiger partial charge >= 0.3 is 0 Å². The monoisotopic (exact) mass is 250 g/mol. The van der Waals surface area contributed by atoms with E-state index in [9.17, 15) is 0 Å². The highest BCUT2D eigenvalue weighted by Gasteiger charge is 2.28. The van der Waals surface area contributed by atoms with Crippen molar-refractivity contribution in [1.29, 1.82) is 0 Å². The summed E-state index contributed by atoms with van der Waals surface area (Å²) >= 11 is 1.79. The molecule has 1 aliphatic rings. The summed E-state index contributed by atoms with van der Waals surface area (Å²) < 4.78 is 5.13. The average molecular weight is 250 g/mol. The number of aliphatic imine (C=N–C) groups is 1. The zero-order valence-corrected chi connectivity index (χ0v) is 11.3. The molecule has 0 aliphatic carbocycles. The first kappa shape index (κ1) is 12.3. The van der Waals surface area contributed by atoms with Crippen molar-refractivity contribution in [1.82, 2.24) is 0 Å². The standard InChI is InChI=1S/C13H18N2OS/c1-4-13(2)9-17-12(15-13)14-10-5-7-11(16-3)8-6-10/h5-8H,4,9H2,1-3H3,(H,14,15). The molecule has 0 radical (unpaired) electrons. The number of methoxy groups -OCH3 is 1. The molecule has 1 aromatic carbocycles. The van der Waals surface area contributed by atoms with E-state index < -0.39 is 0 Å². The van der Waals surface area contributed by atoms with Gasteiger partial charge in [-0.15, -0.1) is 0 Å². The van der Waals surface area contributed by atoms with Gasteiger partial charge in [-0.2, -0.15) is 0 Å². The van der Waals surface area contributed by atoms with Crippen molar-refractivity contribution in [2.24, 2.45) is 4.99 Å². The van der Waals surface area contributed by atoms with E-state index in [-0.39, 0.29) is 5.54 Å². The van der Waals surface area contributed by atoms with Gasteiger partial charge < -0.3 is 10.1 Å². The van der Waals surface area contributed by atoms with E-state index in [4.69, 9.17) is 9.73 Å². The molecule has 92 valence electrons.